The molecule has 0 radical (unpaired) electrons. The number of nitrogens with zero attached hydrogens (tertiary/aromatic N) is 1. The lowest BCUT2D eigenvalue weighted by molar-refractivity contribution is 0.441. The van der Waals surface area contributed by atoms with Crippen LogP contribution in [0.4, 0.5) is 0 Å². The monoisotopic (exact) mass is 350 g/mol. The largest absolute Gasteiger partial charge is 0.316 e. The quantitative estimate of drug-likeness (QED) is 0.731. The zero-order valence-electron chi connectivity index (χ0n) is 12.2. The van der Waals surface area contributed by atoms with E-state index in [1.165, 1.54) is 16.4 Å². The first-order valence-corrected chi connectivity index (χ1v) is 8.81. The highest BCUT2D eigenvalue weighted by Gasteiger charge is 2.26. The molecule has 0 aliphatic carbocycles. The molecule has 1 aromatic carbocycles. The fourth-order valence-electron chi connectivity index (χ4n) is 1.94. The number of hydrogen-bond acceptors (Lipinski definition) is 3. The van der Waals surface area contributed by atoms with E-state index in [1.54, 1.807) is 13.1 Å². The van der Waals surface area contributed by atoms with Crippen LogP contribution < -0.4 is 5.32 Å². The summed E-state index contributed by atoms with van der Waals surface area (Å²) in [5.74, 6) is 0. The van der Waals surface area contributed by atoms with Crippen molar-refractivity contribution >= 4 is 33.2 Å². The predicted octanol–water partition coefficient (Wildman–Crippen LogP) is 3.30. The molecule has 0 aromatic heterocycles. The number of benzene rings is 1. The van der Waals surface area contributed by atoms with E-state index in [9.17, 15) is 8.42 Å². The van der Waals surface area contributed by atoms with Gasteiger partial charge in [-0.25, -0.2) is 8.42 Å². The summed E-state index contributed by atoms with van der Waals surface area (Å²) < 4.78 is 26.8. The number of halogens is 2. The molecule has 0 spiro atoms. The lowest BCUT2D eigenvalue weighted by Gasteiger charge is -2.21. The van der Waals surface area contributed by atoms with Gasteiger partial charge < -0.3 is 5.32 Å². The average molecular weight is 351 g/mol. The summed E-state index contributed by atoms with van der Waals surface area (Å²) in [6.45, 7) is 6.65. The molecule has 0 bridgehead atoms. The second-order valence-corrected chi connectivity index (χ2v) is 7.28. The van der Waals surface area contributed by atoms with E-state index in [0.717, 1.165) is 0 Å². The van der Waals surface area contributed by atoms with Crippen LogP contribution in [-0.4, -0.2) is 32.9 Å². The minimum Gasteiger partial charge on any atom is -0.316 e. The summed E-state index contributed by atoms with van der Waals surface area (Å²) in [6, 6.07) is 3.00. The van der Waals surface area contributed by atoms with Crippen molar-refractivity contribution in [3.63, 3.8) is 0 Å². The molecule has 1 aromatic rings. The third-order valence-corrected chi connectivity index (χ3v) is 5.57. The van der Waals surface area contributed by atoms with Crippen LogP contribution in [0.1, 0.15) is 18.9 Å². The predicted molar refractivity (Wildman–Crippen MR) is 88.5 cm³/mol. The molecule has 4 nitrogen and oxygen atoms in total. The number of sulfonamides is 1. The first-order valence-electron chi connectivity index (χ1n) is 6.62. The van der Waals surface area contributed by atoms with Gasteiger partial charge in [0.15, 0.2) is 0 Å². The normalized spacial score (nSPS) is 11.9. The van der Waals surface area contributed by atoms with E-state index in [4.69, 9.17) is 23.2 Å². The molecule has 7 heteroatoms. The highest BCUT2D eigenvalue weighted by Crippen LogP contribution is 2.30. The van der Waals surface area contributed by atoms with Crippen molar-refractivity contribution in [2.24, 2.45) is 0 Å². The Morgan fingerprint density at radius 2 is 2.00 bits per heavy atom. The van der Waals surface area contributed by atoms with Gasteiger partial charge in [-0.05, 0) is 31.2 Å². The number of nitrogens with one attached hydrogen (secondary N) is 1. The van der Waals surface area contributed by atoms with Gasteiger partial charge in [-0.2, -0.15) is 4.31 Å². The summed E-state index contributed by atoms with van der Waals surface area (Å²) in [5.41, 5.74) is 0.692. The second-order valence-electron chi connectivity index (χ2n) is 4.56. The number of hydrogen-bond donors (Lipinski definition) is 1. The Morgan fingerprint density at radius 3 is 2.52 bits per heavy atom. The molecule has 0 aliphatic rings. The van der Waals surface area contributed by atoms with Crippen LogP contribution in [-0.2, 0) is 16.6 Å². The van der Waals surface area contributed by atoms with Gasteiger partial charge in [0.05, 0.1) is 5.02 Å². The summed E-state index contributed by atoms with van der Waals surface area (Å²) in [5, 5.41) is 3.52. The lowest BCUT2D eigenvalue weighted by Crippen LogP contribution is -2.32. The Balaban J connectivity index is 3.34. The minimum atomic E-state index is -3.67. The topological polar surface area (TPSA) is 49.4 Å². The maximum absolute atomic E-state index is 12.7. The van der Waals surface area contributed by atoms with Crippen molar-refractivity contribution in [1.82, 2.24) is 9.62 Å². The van der Waals surface area contributed by atoms with Crippen molar-refractivity contribution in [2.75, 3.05) is 20.1 Å². The molecule has 0 amide bonds. The van der Waals surface area contributed by atoms with Gasteiger partial charge in [-0.1, -0.05) is 36.2 Å². The molecule has 0 aliphatic heterocycles. The van der Waals surface area contributed by atoms with Crippen LogP contribution in [0.2, 0.25) is 10.0 Å². The van der Waals surface area contributed by atoms with Gasteiger partial charge in [0, 0.05) is 24.7 Å². The van der Waals surface area contributed by atoms with E-state index in [1.807, 2.05) is 6.92 Å². The maximum Gasteiger partial charge on any atom is 0.244 e. The van der Waals surface area contributed by atoms with Crippen molar-refractivity contribution < 1.29 is 8.42 Å². The summed E-state index contributed by atoms with van der Waals surface area (Å²) in [7, 11) is -1.91. The smallest absolute Gasteiger partial charge is 0.244 e. The Morgan fingerprint density at radius 1 is 1.33 bits per heavy atom. The zero-order valence-corrected chi connectivity index (χ0v) is 14.5. The van der Waals surface area contributed by atoms with E-state index in [0.29, 0.717) is 30.1 Å². The van der Waals surface area contributed by atoms with Crippen LogP contribution in [0, 0.1) is 0 Å². The van der Waals surface area contributed by atoms with Gasteiger partial charge in [0.2, 0.25) is 10.0 Å². The second kappa shape index (κ2) is 8.15. The molecule has 0 saturated heterocycles. The molecule has 0 fully saturated rings. The molecule has 21 heavy (non-hydrogen) atoms. The first-order chi connectivity index (χ1) is 9.88. The molecular formula is C14H20Cl2N2O2S. The first kappa shape index (κ1) is 18.5. The van der Waals surface area contributed by atoms with E-state index < -0.39 is 10.0 Å². The van der Waals surface area contributed by atoms with Gasteiger partial charge >= 0.3 is 0 Å². The summed E-state index contributed by atoms with van der Waals surface area (Å²) in [4.78, 5) is 0.0779. The Hall–Kier alpha value is -0.590. The van der Waals surface area contributed by atoms with E-state index in [2.05, 4.69) is 11.9 Å². The van der Waals surface area contributed by atoms with Gasteiger partial charge in [0.1, 0.15) is 4.90 Å². The summed E-state index contributed by atoms with van der Waals surface area (Å²) >= 11 is 12.2. The molecular weight excluding hydrogens is 331 g/mol. The molecule has 0 heterocycles. The van der Waals surface area contributed by atoms with E-state index >= 15 is 0 Å². The highest BCUT2D eigenvalue weighted by molar-refractivity contribution is 7.89. The third-order valence-electron chi connectivity index (χ3n) is 2.89. The van der Waals surface area contributed by atoms with Crippen molar-refractivity contribution in [1.29, 1.82) is 0 Å². The van der Waals surface area contributed by atoms with Crippen LogP contribution >= 0.6 is 23.2 Å². The molecule has 0 unspecified atom stereocenters. The number of rotatable bonds is 8. The maximum atomic E-state index is 12.7. The average Bonchev–Trinajstić information content (AvgIpc) is 2.41. The van der Waals surface area contributed by atoms with Crippen LogP contribution in [0.5, 0.6) is 0 Å². The van der Waals surface area contributed by atoms with Crippen LogP contribution in [0.3, 0.4) is 0 Å². The fraction of sp³-hybridized carbons (Fsp3) is 0.429. The molecule has 0 atom stereocenters. The van der Waals surface area contributed by atoms with Crippen LogP contribution in [0.15, 0.2) is 29.7 Å². The van der Waals surface area contributed by atoms with Crippen molar-refractivity contribution in [2.45, 2.75) is 24.8 Å². The van der Waals surface area contributed by atoms with E-state index in [-0.39, 0.29) is 16.5 Å². The fourth-order valence-corrected chi connectivity index (χ4v) is 4.28. The third kappa shape index (κ3) is 4.44. The highest BCUT2D eigenvalue weighted by atomic mass is 35.5. The zero-order chi connectivity index (χ0) is 16.0. The van der Waals surface area contributed by atoms with Crippen molar-refractivity contribution in [3.8, 4) is 0 Å². The Labute approximate surface area is 136 Å². The standard InChI is InChI=1S/C14H20Cl2N2O2S/c1-4-6-18(7-5-2)21(19,20)14-8-11(10-17-3)12(15)9-13(14)16/h4,8-9,17H,1,5-7,10H2,2-3H3. The van der Waals surface area contributed by atoms with Gasteiger partial charge in [-0.15, -0.1) is 6.58 Å². The van der Waals surface area contributed by atoms with Gasteiger partial charge in [0.25, 0.3) is 0 Å². The Bertz CT molecular complexity index is 603. The lowest BCUT2D eigenvalue weighted by atomic mass is 10.2. The molecule has 1 rings (SSSR count). The van der Waals surface area contributed by atoms with Crippen molar-refractivity contribution in [3.05, 3.63) is 40.4 Å². The molecule has 118 valence electrons. The molecule has 0 saturated carbocycles. The minimum absolute atomic E-state index is 0.0779. The van der Waals surface area contributed by atoms with Gasteiger partial charge in [-0.3, -0.25) is 0 Å². The summed E-state index contributed by atoms with van der Waals surface area (Å²) in [6.07, 6.45) is 2.27. The SMILES string of the molecule is C=CCN(CCC)S(=O)(=O)c1cc(CNC)c(Cl)cc1Cl. The Kier molecular flexibility index (Phi) is 7.16. The molecule has 1 N–H and O–H groups in total. The van der Waals surface area contributed by atoms with Crippen LogP contribution in [0.25, 0.3) is 0 Å².